The van der Waals surface area contributed by atoms with E-state index in [1.54, 1.807) is 36.4 Å². The Kier molecular flexibility index (Phi) is 3.66. The number of carbonyl (C=O) groups is 2. The standard InChI is InChI=1S/C15H8Cl3NO2/c16-9-2-4-12(18)8(5-9)7-19-13-6-10(17)1-3-11(13)14(20)15(19)21/h1-6H,7H2. The Labute approximate surface area is 136 Å². The van der Waals surface area contributed by atoms with Gasteiger partial charge >= 0.3 is 0 Å². The summed E-state index contributed by atoms with van der Waals surface area (Å²) in [5.41, 5.74) is 1.51. The van der Waals surface area contributed by atoms with E-state index in [4.69, 9.17) is 34.8 Å². The molecule has 21 heavy (non-hydrogen) atoms. The van der Waals surface area contributed by atoms with Crippen molar-refractivity contribution in [1.29, 1.82) is 0 Å². The summed E-state index contributed by atoms with van der Waals surface area (Å²) >= 11 is 18.0. The fraction of sp³-hybridized carbons (Fsp3) is 0.0667. The van der Waals surface area contributed by atoms with Gasteiger partial charge in [0.05, 0.1) is 17.8 Å². The number of Topliss-reactive ketones (excluding diaryl/α,β-unsaturated/α-hetero) is 1. The van der Waals surface area contributed by atoms with Gasteiger partial charge < -0.3 is 4.90 Å². The van der Waals surface area contributed by atoms with Crippen LogP contribution >= 0.6 is 34.8 Å². The molecule has 1 aliphatic heterocycles. The first-order valence-electron chi connectivity index (χ1n) is 6.07. The number of halogens is 3. The minimum atomic E-state index is -0.594. The molecule has 2 aromatic rings. The number of carbonyl (C=O) groups excluding carboxylic acids is 2. The maximum absolute atomic E-state index is 12.1. The number of fused-ring (bicyclic) bond motifs is 1. The van der Waals surface area contributed by atoms with Crippen molar-refractivity contribution in [3.8, 4) is 0 Å². The second kappa shape index (κ2) is 5.34. The zero-order valence-electron chi connectivity index (χ0n) is 10.6. The predicted octanol–water partition coefficient (Wildman–Crippen LogP) is 4.38. The molecule has 0 saturated heterocycles. The molecule has 0 bridgehead atoms. The highest BCUT2D eigenvalue weighted by molar-refractivity contribution is 6.52. The van der Waals surface area contributed by atoms with Crippen molar-refractivity contribution < 1.29 is 9.59 Å². The third-order valence-corrected chi connectivity index (χ3v) is 4.11. The highest BCUT2D eigenvalue weighted by Gasteiger charge is 2.36. The Bertz CT molecular complexity index is 774. The Balaban J connectivity index is 2.04. The van der Waals surface area contributed by atoms with Gasteiger partial charge in [0.1, 0.15) is 0 Å². The zero-order chi connectivity index (χ0) is 15.1. The normalized spacial score (nSPS) is 13.8. The van der Waals surface area contributed by atoms with Gasteiger partial charge in [-0.15, -0.1) is 0 Å². The topological polar surface area (TPSA) is 37.4 Å². The van der Waals surface area contributed by atoms with Crippen molar-refractivity contribution in [3.05, 3.63) is 62.6 Å². The largest absolute Gasteiger partial charge is 0.300 e. The monoisotopic (exact) mass is 339 g/mol. The Hall–Kier alpha value is -1.55. The second-order valence-corrected chi connectivity index (χ2v) is 5.90. The number of rotatable bonds is 2. The van der Waals surface area contributed by atoms with Crippen molar-refractivity contribution in [1.82, 2.24) is 0 Å². The molecule has 3 rings (SSSR count). The molecule has 0 unspecified atom stereocenters. The third kappa shape index (κ3) is 2.53. The van der Waals surface area contributed by atoms with Crippen LogP contribution in [0.2, 0.25) is 15.1 Å². The Morgan fingerprint density at radius 3 is 2.33 bits per heavy atom. The molecule has 0 saturated carbocycles. The van der Waals surface area contributed by atoms with Crippen LogP contribution in [-0.4, -0.2) is 11.7 Å². The maximum Gasteiger partial charge on any atom is 0.299 e. The van der Waals surface area contributed by atoms with Crippen LogP contribution in [0.3, 0.4) is 0 Å². The van der Waals surface area contributed by atoms with Crippen LogP contribution in [0.5, 0.6) is 0 Å². The van der Waals surface area contributed by atoms with Gasteiger partial charge in [-0.05, 0) is 42.0 Å². The van der Waals surface area contributed by atoms with Crippen LogP contribution in [0.4, 0.5) is 5.69 Å². The fourth-order valence-corrected chi connectivity index (χ4v) is 2.80. The van der Waals surface area contributed by atoms with Gasteiger partial charge in [-0.2, -0.15) is 0 Å². The van der Waals surface area contributed by atoms with Crippen molar-refractivity contribution in [2.45, 2.75) is 6.54 Å². The molecule has 2 aromatic carbocycles. The molecule has 0 spiro atoms. The van der Waals surface area contributed by atoms with Crippen LogP contribution in [0.15, 0.2) is 36.4 Å². The van der Waals surface area contributed by atoms with E-state index in [1.807, 2.05) is 0 Å². The van der Waals surface area contributed by atoms with E-state index in [0.29, 0.717) is 31.9 Å². The lowest BCUT2D eigenvalue weighted by molar-refractivity contribution is -0.114. The summed E-state index contributed by atoms with van der Waals surface area (Å²) in [7, 11) is 0. The smallest absolute Gasteiger partial charge is 0.299 e. The molecule has 106 valence electrons. The molecule has 0 atom stereocenters. The first-order chi connectivity index (χ1) is 9.97. The van der Waals surface area contributed by atoms with Crippen molar-refractivity contribution in [2.24, 2.45) is 0 Å². The van der Waals surface area contributed by atoms with Crippen LogP contribution in [0.1, 0.15) is 15.9 Å². The van der Waals surface area contributed by atoms with Crippen molar-refractivity contribution in [3.63, 3.8) is 0 Å². The van der Waals surface area contributed by atoms with E-state index >= 15 is 0 Å². The Morgan fingerprint density at radius 2 is 1.57 bits per heavy atom. The van der Waals surface area contributed by atoms with E-state index in [9.17, 15) is 9.59 Å². The van der Waals surface area contributed by atoms with Crippen LogP contribution in [-0.2, 0) is 11.3 Å². The van der Waals surface area contributed by atoms with Gasteiger partial charge in [0.2, 0.25) is 0 Å². The average Bonchev–Trinajstić information content (AvgIpc) is 2.67. The number of nitrogens with zero attached hydrogens (tertiary/aromatic N) is 1. The summed E-state index contributed by atoms with van der Waals surface area (Å²) in [6.45, 7) is 0.164. The molecule has 0 radical (unpaired) electrons. The van der Waals surface area contributed by atoms with E-state index in [0.717, 1.165) is 0 Å². The SMILES string of the molecule is O=C1C(=O)N(Cc2cc(Cl)ccc2Cl)c2cc(Cl)ccc21. The predicted molar refractivity (Wildman–Crippen MR) is 83.4 cm³/mol. The summed E-state index contributed by atoms with van der Waals surface area (Å²) in [5.74, 6) is -1.14. The molecule has 1 heterocycles. The lowest BCUT2D eigenvalue weighted by Crippen LogP contribution is -2.29. The summed E-state index contributed by atoms with van der Waals surface area (Å²) in [6.07, 6.45) is 0. The number of benzene rings is 2. The van der Waals surface area contributed by atoms with Gasteiger partial charge in [0, 0.05) is 15.1 Å². The highest BCUT2D eigenvalue weighted by atomic mass is 35.5. The molecular formula is C15H8Cl3NO2. The van der Waals surface area contributed by atoms with Crippen molar-refractivity contribution in [2.75, 3.05) is 4.90 Å². The number of anilines is 1. The van der Waals surface area contributed by atoms with Gasteiger partial charge in [0.25, 0.3) is 11.7 Å². The third-order valence-electron chi connectivity index (χ3n) is 3.27. The molecule has 1 aliphatic rings. The van der Waals surface area contributed by atoms with E-state index in [1.165, 1.54) is 4.90 Å². The molecule has 0 aliphatic carbocycles. The van der Waals surface area contributed by atoms with Crippen LogP contribution in [0.25, 0.3) is 0 Å². The second-order valence-electron chi connectivity index (χ2n) is 4.62. The van der Waals surface area contributed by atoms with Crippen molar-refractivity contribution >= 4 is 52.2 Å². The number of hydrogen-bond acceptors (Lipinski definition) is 2. The fourth-order valence-electron chi connectivity index (χ4n) is 2.26. The van der Waals surface area contributed by atoms with Crippen LogP contribution < -0.4 is 4.90 Å². The number of ketones is 1. The van der Waals surface area contributed by atoms with Gasteiger partial charge in [-0.3, -0.25) is 9.59 Å². The Morgan fingerprint density at radius 1 is 0.905 bits per heavy atom. The lowest BCUT2D eigenvalue weighted by atomic mass is 10.1. The highest BCUT2D eigenvalue weighted by Crippen LogP contribution is 2.34. The van der Waals surface area contributed by atoms with E-state index in [-0.39, 0.29) is 6.54 Å². The number of hydrogen-bond donors (Lipinski definition) is 0. The molecule has 0 fully saturated rings. The van der Waals surface area contributed by atoms with Gasteiger partial charge in [-0.1, -0.05) is 34.8 Å². The molecular weight excluding hydrogens is 333 g/mol. The summed E-state index contributed by atoms with van der Waals surface area (Å²) in [6, 6.07) is 9.72. The zero-order valence-corrected chi connectivity index (χ0v) is 12.8. The van der Waals surface area contributed by atoms with E-state index in [2.05, 4.69) is 0 Å². The van der Waals surface area contributed by atoms with Crippen LogP contribution in [0, 0.1) is 0 Å². The average molecular weight is 341 g/mol. The molecule has 1 amide bonds. The molecule has 0 aromatic heterocycles. The number of amides is 1. The molecule has 0 N–H and O–H groups in total. The van der Waals surface area contributed by atoms with E-state index < -0.39 is 11.7 Å². The summed E-state index contributed by atoms with van der Waals surface area (Å²) in [5, 5.41) is 1.45. The summed E-state index contributed by atoms with van der Waals surface area (Å²) in [4.78, 5) is 25.5. The minimum absolute atomic E-state index is 0.164. The first-order valence-corrected chi connectivity index (χ1v) is 7.20. The van der Waals surface area contributed by atoms with Gasteiger partial charge in [0.15, 0.2) is 0 Å². The van der Waals surface area contributed by atoms with Gasteiger partial charge in [-0.25, -0.2) is 0 Å². The lowest BCUT2D eigenvalue weighted by Gasteiger charge is -2.17. The summed E-state index contributed by atoms with van der Waals surface area (Å²) < 4.78 is 0. The molecule has 3 nitrogen and oxygen atoms in total. The maximum atomic E-state index is 12.1. The minimum Gasteiger partial charge on any atom is -0.300 e. The quantitative estimate of drug-likeness (QED) is 0.761. The molecule has 6 heteroatoms. The first kappa shape index (κ1) is 14.4.